The van der Waals surface area contributed by atoms with Crippen molar-refractivity contribution in [1.82, 2.24) is 5.32 Å². The monoisotopic (exact) mass is 440 g/mol. The third kappa shape index (κ3) is 5.78. The normalized spacial score (nSPS) is 13.2. The number of nitrogens with one attached hydrogen (secondary N) is 1. The van der Waals surface area contributed by atoms with E-state index in [0.717, 1.165) is 27.6 Å². The lowest BCUT2D eigenvalue weighted by Gasteiger charge is -2.30. The van der Waals surface area contributed by atoms with E-state index in [9.17, 15) is 4.79 Å². The van der Waals surface area contributed by atoms with E-state index in [1.54, 1.807) is 11.0 Å². The van der Waals surface area contributed by atoms with Gasteiger partial charge in [-0.05, 0) is 54.5 Å². The molecule has 154 valence electrons. The fourth-order valence-corrected chi connectivity index (χ4v) is 3.20. The molecule has 1 saturated heterocycles. The molecule has 6 heteroatoms. The summed E-state index contributed by atoms with van der Waals surface area (Å²) in [6, 6.07) is 22.3. The van der Waals surface area contributed by atoms with Gasteiger partial charge in [-0.15, -0.1) is 0 Å². The number of hydrogen-bond acceptors (Lipinski definition) is 2. The number of halogens is 2. The molecule has 0 spiro atoms. The van der Waals surface area contributed by atoms with Crippen LogP contribution in [-0.2, 0) is 0 Å². The Morgan fingerprint density at radius 2 is 1.70 bits per heavy atom. The lowest BCUT2D eigenvalue weighted by Crippen LogP contribution is -2.47. The second-order valence-corrected chi connectivity index (χ2v) is 7.61. The SMILES string of the molecule is C=C1CNC(=O)N(c2ccccc2Oc2ccccc2)C1.Cc1ccc(Cl)cc1Cl. The number of urea groups is 1. The van der Waals surface area contributed by atoms with Crippen molar-refractivity contribution in [3.8, 4) is 11.5 Å². The van der Waals surface area contributed by atoms with Crippen LogP contribution in [0, 0.1) is 6.92 Å². The van der Waals surface area contributed by atoms with Gasteiger partial charge in [-0.25, -0.2) is 4.79 Å². The molecule has 1 fully saturated rings. The number of amides is 2. The van der Waals surface area contributed by atoms with Gasteiger partial charge >= 0.3 is 6.03 Å². The fourth-order valence-electron chi connectivity index (χ4n) is 2.79. The summed E-state index contributed by atoms with van der Waals surface area (Å²) in [5.41, 5.74) is 2.75. The summed E-state index contributed by atoms with van der Waals surface area (Å²) in [4.78, 5) is 13.7. The van der Waals surface area contributed by atoms with Gasteiger partial charge in [-0.1, -0.05) is 66.2 Å². The van der Waals surface area contributed by atoms with E-state index in [1.807, 2.05) is 73.7 Å². The van der Waals surface area contributed by atoms with Crippen LogP contribution in [0.15, 0.2) is 84.9 Å². The minimum absolute atomic E-state index is 0.133. The zero-order valence-electron chi connectivity index (χ0n) is 16.6. The third-order valence-electron chi connectivity index (χ3n) is 4.38. The molecule has 1 N–H and O–H groups in total. The van der Waals surface area contributed by atoms with Crippen LogP contribution < -0.4 is 15.0 Å². The van der Waals surface area contributed by atoms with E-state index < -0.39 is 0 Å². The summed E-state index contributed by atoms with van der Waals surface area (Å²) in [6.07, 6.45) is 0. The largest absolute Gasteiger partial charge is 0.455 e. The van der Waals surface area contributed by atoms with Gasteiger partial charge in [0.1, 0.15) is 5.75 Å². The summed E-state index contributed by atoms with van der Waals surface area (Å²) in [5, 5.41) is 4.21. The molecule has 1 aliphatic rings. The van der Waals surface area contributed by atoms with Gasteiger partial charge in [-0.3, -0.25) is 4.90 Å². The lowest BCUT2D eigenvalue weighted by molar-refractivity contribution is 0.245. The van der Waals surface area contributed by atoms with Crippen molar-refractivity contribution < 1.29 is 9.53 Å². The predicted octanol–water partition coefficient (Wildman–Crippen LogP) is 6.87. The molecule has 1 aliphatic heterocycles. The molecule has 30 heavy (non-hydrogen) atoms. The maximum atomic E-state index is 12.1. The standard InChI is InChI=1S/C17H16N2O2.C7H6Cl2/c1-13-11-18-17(20)19(12-13)15-9-5-6-10-16(15)21-14-7-3-2-4-8-14;1-5-2-3-6(8)4-7(5)9/h2-10H,1,11-12H2,(H,18,20);2-4H,1H3. The summed E-state index contributed by atoms with van der Waals surface area (Å²) in [6.45, 7) is 6.91. The summed E-state index contributed by atoms with van der Waals surface area (Å²) in [7, 11) is 0. The molecule has 4 nitrogen and oxygen atoms in total. The van der Waals surface area contributed by atoms with Crippen molar-refractivity contribution in [2.75, 3.05) is 18.0 Å². The molecule has 0 bridgehead atoms. The molecule has 0 saturated carbocycles. The molecule has 3 aromatic carbocycles. The number of carbonyl (C=O) groups excluding carboxylic acids is 1. The van der Waals surface area contributed by atoms with Gasteiger partial charge in [0.05, 0.1) is 12.2 Å². The summed E-state index contributed by atoms with van der Waals surface area (Å²) in [5.74, 6) is 1.38. The molecular weight excluding hydrogens is 419 g/mol. The Morgan fingerprint density at radius 1 is 1.00 bits per heavy atom. The minimum atomic E-state index is -0.133. The van der Waals surface area contributed by atoms with E-state index in [2.05, 4.69) is 11.9 Å². The van der Waals surface area contributed by atoms with Crippen molar-refractivity contribution in [3.05, 3.63) is 101 Å². The minimum Gasteiger partial charge on any atom is -0.455 e. The van der Waals surface area contributed by atoms with Crippen LogP contribution in [0.1, 0.15) is 5.56 Å². The van der Waals surface area contributed by atoms with Crippen molar-refractivity contribution in [2.24, 2.45) is 0 Å². The number of carbonyl (C=O) groups is 1. The first-order valence-corrected chi connectivity index (χ1v) is 10.1. The van der Waals surface area contributed by atoms with Gasteiger partial charge in [0, 0.05) is 16.6 Å². The average molecular weight is 441 g/mol. The van der Waals surface area contributed by atoms with Gasteiger partial charge in [-0.2, -0.15) is 0 Å². The van der Waals surface area contributed by atoms with Crippen LogP contribution in [0.2, 0.25) is 10.0 Å². The van der Waals surface area contributed by atoms with Crippen molar-refractivity contribution in [3.63, 3.8) is 0 Å². The first-order chi connectivity index (χ1) is 14.4. The number of benzene rings is 3. The molecule has 1 heterocycles. The van der Waals surface area contributed by atoms with Gasteiger partial charge in [0.15, 0.2) is 5.75 Å². The molecule has 2 amide bonds. The number of hydrogen-bond donors (Lipinski definition) is 1. The van der Waals surface area contributed by atoms with Gasteiger partial charge in [0.25, 0.3) is 0 Å². The zero-order chi connectivity index (χ0) is 21.5. The van der Waals surface area contributed by atoms with Crippen molar-refractivity contribution >= 4 is 34.9 Å². The topological polar surface area (TPSA) is 41.6 Å². The Morgan fingerprint density at radius 3 is 2.40 bits per heavy atom. The van der Waals surface area contributed by atoms with Crippen LogP contribution >= 0.6 is 23.2 Å². The number of rotatable bonds is 3. The van der Waals surface area contributed by atoms with E-state index >= 15 is 0 Å². The first kappa shape index (κ1) is 21.8. The Kier molecular flexibility index (Phi) is 7.39. The molecule has 0 aromatic heterocycles. The van der Waals surface area contributed by atoms with Crippen LogP contribution in [-0.4, -0.2) is 19.1 Å². The maximum Gasteiger partial charge on any atom is 0.322 e. The van der Waals surface area contributed by atoms with Gasteiger partial charge in [0.2, 0.25) is 0 Å². The van der Waals surface area contributed by atoms with Crippen molar-refractivity contribution in [1.29, 1.82) is 0 Å². The Bertz CT molecular complexity index is 1040. The van der Waals surface area contributed by atoms with Crippen LogP contribution in [0.5, 0.6) is 11.5 Å². The smallest absolute Gasteiger partial charge is 0.322 e. The second kappa shape index (κ2) is 10.2. The molecule has 0 radical (unpaired) electrons. The lowest BCUT2D eigenvalue weighted by atomic mass is 10.2. The van der Waals surface area contributed by atoms with E-state index in [0.29, 0.717) is 23.9 Å². The zero-order valence-corrected chi connectivity index (χ0v) is 18.1. The van der Waals surface area contributed by atoms with E-state index in [4.69, 9.17) is 27.9 Å². The number of aryl methyl sites for hydroxylation is 1. The van der Waals surface area contributed by atoms with Crippen LogP contribution in [0.25, 0.3) is 0 Å². The van der Waals surface area contributed by atoms with Crippen LogP contribution in [0.3, 0.4) is 0 Å². The third-order valence-corrected chi connectivity index (χ3v) is 5.02. The molecule has 0 atom stereocenters. The number of ether oxygens (including phenoxy) is 1. The van der Waals surface area contributed by atoms with E-state index in [1.165, 1.54) is 0 Å². The Hall–Kier alpha value is -2.95. The Balaban J connectivity index is 0.000000239. The highest BCUT2D eigenvalue weighted by Gasteiger charge is 2.24. The molecule has 4 rings (SSSR count). The maximum absolute atomic E-state index is 12.1. The predicted molar refractivity (Wildman–Crippen MR) is 124 cm³/mol. The van der Waals surface area contributed by atoms with Gasteiger partial charge < -0.3 is 10.1 Å². The highest BCUT2D eigenvalue weighted by atomic mass is 35.5. The Labute approximate surface area is 186 Å². The quantitative estimate of drug-likeness (QED) is 0.451. The average Bonchev–Trinajstić information content (AvgIpc) is 2.74. The molecule has 3 aromatic rings. The number of nitrogens with zero attached hydrogens (tertiary/aromatic N) is 1. The number of para-hydroxylation sites is 3. The molecule has 0 aliphatic carbocycles. The highest BCUT2D eigenvalue weighted by Crippen LogP contribution is 2.33. The second-order valence-electron chi connectivity index (χ2n) is 6.77. The van der Waals surface area contributed by atoms with Crippen molar-refractivity contribution in [2.45, 2.75) is 6.92 Å². The summed E-state index contributed by atoms with van der Waals surface area (Å²) < 4.78 is 5.89. The summed E-state index contributed by atoms with van der Waals surface area (Å²) >= 11 is 11.4. The van der Waals surface area contributed by atoms with Crippen LogP contribution in [0.4, 0.5) is 10.5 Å². The fraction of sp³-hybridized carbons (Fsp3) is 0.125. The molecule has 0 unspecified atom stereocenters. The van der Waals surface area contributed by atoms with E-state index in [-0.39, 0.29) is 6.03 Å². The highest BCUT2D eigenvalue weighted by molar-refractivity contribution is 6.35. The molecular formula is C24H22Cl2N2O2. The first-order valence-electron chi connectivity index (χ1n) is 9.39. The number of anilines is 1.